The molecule has 0 spiro atoms. The zero-order chi connectivity index (χ0) is 13.2. The predicted octanol–water partition coefficient (Wildman–Crippen LogP) is 2.03. The normalized spacial score (nSPS) is 13.7. The molecule has 1 N–H and O–H groups in total. The van der Waals surface area contributed by atoms with E-state index in [9.17, 15) is 4.39 Å². The van der Waals surface area contributed by atoms with E-state index in [-0.39, 0.29) is 5.82 Å². The smallest absolute Gasteiger partial charge is 0.151 e. The third kappa shape index (κ3) is 2.29. The number of fused-ring (bicyclic) bond motifs is 1. The van der Waals surface area contributed by atoms with Crippen LogP contribution in [0.3, 0.4) is 0 Å². The number of halogens is 1. The summed E-state index contributed by atoms with van der Waals surface area (Å²) in [6.45, 7) is 1.51. The first-order valence-corrected chi connectivity index (χ1v) is 6.29. The van der Waals surface area contributed by atoms with Crippen molar-refractivity contribution in [3.05, 3.63) is 47.7 Å². The second-order valence-electron chi connectivity index (χ2n) is 4.57. The monoisotopic (exact) mass is 258 g/mol. The molecule has 0 saturated carbocycles. The number of nitrogens with one attached hydrogen (secondary N) is 1. The molecule has 19 heavy (non-hydrogen) atoms. The van der Waals surface area contributed by atoms with Crippen molar-refractivity contribution in [2.24, 2.45) is 0 Å². The summed E-state index contributed by atoms with van der Waals surface area (Å²) in [6.07, 6.45) is 4.41. The van der Waals surface area contributed by atoms with Crippen LogP contribution < -0.4 is 10.2 Å². The zero-order valence-electron chi connectivity index (χ0n) is 10.7. The highest BCUT2D eigenvalue weighted by Gasteiger charge is 2.21. The van der Waals surface area contributed by atoms with Gasteiger partial charge in [0.15, 0.2) is 5.82 Å². The van der Waals surface area contributed by atoms with Gasteiger partial charge in [0.1, 0.15) is 5.82 Å². The molecule has 1 aromatic carbocycles. The van der Waals surface area contributed by atoms with Crippen molar-refractivity contribution in [1.29, 1.82) is 0 Å². The fourth-order valence-electron chi connectivity index (χ4n) is 2.35. The Balaban J connectivity index is 1.90. The Kier molecular flexibility index (Phi) is 3.13. The fourth-order valence-corrected chi connectivity index (χ4v) is 2.35. The highest BCUT2D eigenvalue weighted by Crippen LogP contribution is 2.33. The van der Waals surface area contributed by atoms with E-state index in [1.165, 1.54) is 6.07 Å². The second-order valence-corrected chi connectivity index (χ2v) is 4.57. The molecule has 1 aliphatic heterocycles. The summed E-state index contributed by atoms with van der Waals surface area (Å²) in [7, 11) is 1.87. The first kappa shape index (κ1) is 12.0. The van der Waals surface area contributed by atoms with Crippen molar-refractivity contribution >= 4 is 11.5 Å². The van der Waals surface area contributed by atoms with E-state index in [2.05, 4.69) is 15.3 Å². The van der Waals surface area contributed by atoms with Crippen LogP contribution in [0.5, 0.6) is 0 Å². The van der Waals surface area contributed by atoms with Gasteiger partial charge in [-0.15, -0.1) is 0 Å². The van der Waals surface area contributed by atoms with Gasteiger partial charge in [-0.3, -0.25) is 4.98 Å². The molecule has 1 aliphatic rings. The number of rotatable bonds is 3. The quantitative estimate of drug-likeness (QED) is 0.914. The fraction of sp³-hybridized carbons (Fsp3) is 0.286. The van der Waals surface area contributed by atoms with Gasteiger partial charge in [-0.25, -0.2) is 9.37 Å². The molecular weight excluding hydrogens is 243 g/mol. The molecule has 0 aliphatic carbocycles. The molecule has 0 radical (unpaired) electrons. The van der Waals surface area contributed by atoms with Crippen molar-refractivity contribution in [3.63, 3.8) is 0 Å². The maximum atomic E-state index is 13.3. The zero-order valence-corrected chi connectivity index (χ0v) is 10.7. The maximum Gasteiger partial charge on any atom is 0.151 e. The van der Waals surface area contributed by atoms with Crippen LogP contribution in [0.2, 0.25) is 0 Å². The van der Waals surface area contributed by atoms with Crippen LogP contribution in [0.4, 0.5) is 15.9 Å². The number of hydrogen-bond donors (Lipinski definition) is 1. The highest BCUT2D eigenvalue weighted by molar-refractivity contribution is 5.67. The largest absolute Gasteiger partial charge is 0.324 e. The third-order valence-corrected chi connectivity index (χ3v) is 3.27. The standard InChI is InChI=1S/C14H15FN4/c1-16-7-12-8-18-14(9-17-12)19-5-4-10-2-3-11(15)6-13(10)19/h2-3,6,8-9,16H,4-5,7H2,1H3. The van der Waals surface area contributed by atoms with Gasteiger partial charge in [0.2, 0.25) is 0 Å². The Morgan fingerprint density at radius 3 is 2.95 bits per heavy atom. The number of nitrogens with zero attached hydrogens (tertiary/aromatic N) is 3. The van der Waals surface area contributed by atoms with Crippen LogP contribution in [0.25, 0.3) is 0 Å². The van der Waals surface area contributed by atoms with Crippen LogP contribution in [0.1, 0.15) is 11.3 Å². The molecular formula is C14H15FN4. The Hall–Kier alpha value is -2.01. The summed E-state index contributed by atoms with van der Waals surface area (Å²) in [5.74, 6) is 0.551. The lowest BCUT2D eigenvalue weighted by Gasteiger charge is -2.18. The van der Waals surface area contributed by atoms with Gasteiger partial charge in [-0.1, -0.05) is 6.07 Å². The first-order valence-electron chi connectivity index (χ1n) is 6.29. The summed E-state index contributed by atoms with van der Waals surface area (Å²) in [5.41, 5.74) is 2.95. The Bertz CT molecular complexity index is 582. The van der Waals surface area contributed by atoms with Crippen LogP contribution in [0, 0.1) is 5.82 Å². The van der Waals surface area contributed by atoms with Gasteiger partial charge in [0.05, 0.1) is 18.1 Å². The molecule has 98 valence electrons. The molecule has 3 rings (SSSR count). The van der Waals surface area contributed by atoms with E-state index in [4.69, 9.17) is 0 Å². The number of anilines is 2. The molecule has 1 aromatic heterocycles. The topological polar surface area (TPSA) is 41.1 Å². The van der Waals surface area contributed by atoms with Crippen molar-refractivity contribution < 1.29 is 4.39 Å². The molecule has 2 aromatic rings. The number of aromatic nitrogens is 2. The van der Waals surface area contributed by atoms with E-state index in [1.807, 2.05) is 18.0 Å². The van der Waals surface area contributed by atoms with Crippen molar-refractivity contribution in [3.8, 4) is 0 Å². The molecule has 5 heteroatoms. The van der Waals surface area contributed by atoms with Gasteiger partial charge in [-0.2, -0.15) is 0 Å². The molecule has 0 atom stereocenters. The Morgan fingerprint density at radius 2 is 2.21 bits per heavy atom. The van der Waals surface area contributed by atoms with Gasteiger partial charge in [0.25, 0.3) is 0 Å². The average molecular weight is 258 g/mol. The SMILES string of the molecule is CNCc1cnc(N2CCc3ccc(F)cc32)cn1. The van der Waals surface area contributed by atoms with Crippen molar-refractivity contribution in [2.75, 3.05) is 18.5 Å². The van der Waals surface area contributed by atoms with Crippen LogP contribution in [-0.4, -0.2) is 23.6 Å². The maximum absolute atomic E-state index is 13.3. The summed E-state index contributed by atoms with van der Waals surface area (Å²) in [4.78, 5) is 10.8. The second kappa shape index (κ2) is 4.93. The molecule has 2 heterocycles. The Labute approximate surface area is 111 Å². The minimum atomic E-state index is -0.217. The molecule has 0 amide bonds. The van der Waals surface area contributed by atoms with Gasteiger partial charge < -0.3 is 10.2 Å². The number of benzene rings is 1. The average Bonchev–Trinajstić information content (AvgIpc) is 2.83. The summed E-state index contributed by atoms with van der Waals surface area (Å²) >= 11 is 0. The molecule has 0 unspecified atom stereocenters. The predicted molar refractivity (Wildman–Crippen MR) is 71.9 cm³/mol. The van der Waals surface area contributed by atoms with E-state index in [0.29, 0.717) is 6.54 Å². The minimum Gasteiger partial charge on any atom is -0.324 e. The summed E-state index contributed by atoms with van der Waals surface area (Å²) < 4.78 is 13.3. The van der Waals surface area contributed by atoms with Crippen molar-refractivity contribution in [1.82, 2.24) is 15.3 Å². The van der Waals surface area contributed by atoms with Crippen LogP contribution >= 0.6 is 0 Å². The van der Waals surface area contributed by atoms with E-state index >= 15 is 0 Å². The van der Waals surface area contributed by atoms with E-state index in [0.717, 1.165) is 35.7 Å². The van der Waals surface area contributed by atoms with E-state index < -0.39 is 0 Å². The van der Waals surface area contributed by atoms with Crippen LogP contribution in [0.15, 0.2) is 30.6 Å². The molecule has 0 fully saturated rings. The molecule has 0 bridgehead atoms. The lowest BCUT2D eigenvalue weighted by molar-refractivity contribution is 0.628. The van der Waals surface area contributed by atoms with E-state index in [1.54, 1.807) is 18.5 Å². The summed E-state index contributed by atoms with van der Waals surface area (Å²) in [6, 6.07) is 4.91. The van der Waals surface area contributed by atoms with Gasteiger partial charge in [0, 0.05) is 18.8 Å². The lowest BCUT2D eigenvalue weighted by atomic mass is 10.2. The highest BCUT2D eigenvalue weighted by atomic mass is 19.1. The van der Waals surface area contributed by atoms with Gasteiger partial charge in [-0.05, 0) is 31.2 Å². The molecule has 0 saturated heterocycles. The lowest BCUT2D eigenvalue weighted by Crippen LogP contribution is -2.16. The molecule has 4 nitrogen and oxygen atoms in total. The van der Waals surface area contributed by atoms with Crippen molar-refractivity contribution in [2.45, 2.75) is 13.0 Å². The Morgan fingerprint density at radius 1 is 1.32 bits per heavy atom. The first-order chi connectivity index (χ1) is 9.28. The number of hydrogen-bond acceptors (Lipinski definition) is 4. The van der Waals surface area contributed by atoms with Gasteiger partial charge >= 0.3 is 0 Å². The third-order valence-electron chi connectivity index (χ3n) is 3.27. The summed E-state index contributed by atoms with van der Waals surface area (Å²) in [5, 5.41) is 3.03. The minimum absolute atomic E-state index is 0.217. The van der Waals surface area contributed by atoms with Crippen LogP contribution in [-0.2, 0) is 13.0 Å².